The second-order valence-corrected chi connectivity index (χ2v) is 4.55. The molecule has 0 saturated carbocycles. The van der Waals surface area contributed by atoms with E-state index in [0.29, 0.717) is 6.61 Å². The smallest absolute Gasteiger partial charge is 0.137 e. The Labute approximate surface area is 88.0 Å². The summed E-state index contributed by atoms with van der Waals surface area (Å²) in [5, 5.41) is 0. The van der Waals surface area contributed by atoms with Crippen LogP contribution in [0, 0.1) is 5.41 Å². The van der Waals surface area contributed by atoms with Crippen LogP contribution in [0.3, 0.4) is 0 Å². The first-order chi connectivity index (χ1) is 6.50. The molecule has 0 aliphatic rings. The summed E-state index contributed by atoms with van der Waals surface area (Å²) in [6.07, 6.45) is 4.87. The highest BCUT2D eigenvalue weighted by molar-refractivity contribution is 5.81. The first kappa shape index (κ1) is 13.6. The van der Waals surface area contributed by atoms with Gasteiger partial charge in [0.15, 0.2) is 0 Å². The van der Waals surface area contributed by atoms with E-state index < -0.39 is 0 Å². The van der Waals surface area contributed by atoms with Crippen LogP contribution >= 0.6 is 0 Å². The number of unbranched alkanes of at least 4 members (excludes halogenated alkanes) is 3. The number of hydrogen-bond acceptors (Lipinski definition) is 2. The number of Topliss-reactive ketones (excluding diaryl/α,β-unsaturated/α-hetero) is 1. The van der Waals surface area contributed by atoms with Crippen LogP contribution in [0.5, 0.6) is 0 Å². The lowest BCUT2D eigenvalue weighted by Crippen LogP contribution is -2.27. The van der Waals surface area contributed by atoms with Gasteiger partial charge >= 0.3 is 0 Å². The van der Waals surface area contributed by atoms with Crippen molar-refractivity contribution in [2.75, 3.05) is 13.2 Å². The Hall–Kier alpha value is -0.370. The van der Waals surface area contributed by atoms with Crippen LogP contribution in [0.15, 0.2) is 0 Å². The molecule has 0 unspecified atom stereocenters. The van der Waals surface area contributed by atoms with E-state index in [-0.39, 0.29) is 11.2 Å². The van der Waals surface area contributed by atoms with Gasteiger partial charge in [-0.2, -0.15) is 0 Å². The van der Waals surface area contributed by atoms with Gasteiger partial charge in [-0.15, -0.1) is 0 Å². The molecule has 2 nitrogen and oxygen atoms in total. The molecular formula is C12H24O2. The molecule has 0 saturated heterocycles. The van der Waals surface area contributed by atoms with E-state index >= 15 is 0 Å². The fourth-order valence-corrected chi connectivity index (χ4v) is 1.06. The Morgan fingerprint density at radius 3 is 2.36 bits per heavy atom. The second kappa shape index (κ2) is 6.99. The molecule has 0 spiro atoms. The van der Waals surface area contributed by atoms with Crippen molar-refractivity contribution in [3.05, 3.63) is 0 Å². The molecule has 14 heavy (non-hydrogen) atoms. The van der Waals surface area contributed by atoms with Crippen molar-refractivity contribution in [1.82, 2.24) is 0 Å². The number of ether oxygens (including phenoxy) is 1. The lowest BCUT2D eigenvalue weighted by atomic mass is 9.90. The fourth-order valence-electron chi connectivity index (χ4n) is 1.06. The lowest BCUT2D eigenvalue weighted by molar-refractivity contribution is -0.128. The van der Waals surface area contributed by atoms with Crippen molar-refractivity contribution in [2.24, 2.45) is 5.41 Å². The van der Waals surface area contributed by atoms with Crippen molar-refractivity contribution >= 4 is 5.78 Å². The summed E-state index contributed by atoms with van der Waals surface area (Å²) < 4.78 is 5.49. The number of rotatable bonds is 8. The van der Waals surface area contributed by atoms with Gasteiger partial charge in [-0.1, -0.05) is 40.0 Å². The molecule has 0 aromatic carbocycles. The van der Waals surface area contributed by atoms with Crippen molar-refractivity contribution < 1.29 is 9.53 Å². The molecule has 0 rings (SSSR count). The molecule has 0 amide bonds. The normalized spacial score (nSPS) is 11.7. The molecule has 84 valence electrons. The van der Waals surface area contributed by atoms with Crippen LogP contribution in [-0.4, -0.2) is 19.0 Å². The topological polar surface area (TPSA) is 26.3 Å². The molecule has 0 aliphatic carbocycles. The van der Waals surface area contributed by atoms with E-state index in [1.54, 1.807) is 6.92 Å². The zero-order valence-corrected chi connectivity index (χ0v) is 10.1. The average molecular weight is 200 g/mol. The largest absolute Gasteiger partial charge is 0.380 e. The molecule has 0 aliphatic heterocycles. The fraction of sp³-hybridized carbons (Fsp3) is 0.917. The zero-order valence-electron chi connectivity index (χ0n) is 10.1. The van der Waals surface area contributed by atoms with Gasteiger partial charge in [0.2, 0.25) is 0 Å². The van der Waals surface area contributed by atoms with Gasteiger partial charge in [0.25, 0.3) is 0 Å². The maximum absolute atomic E-state index is 11.2. The van der Waals surface area contributed by atoms with Gasteiger partial charge < -0.3 is 4.74 Å². The number of ketones is 1. The monoisotopic (exact) mass is 200 g/mol. The maximum Gasteiger partial charge on any atom is 0.137 e. The zero-order chi connectivity index (χ0) is 11.0. The van der Waals surface area contributed by atoms with E-state index in [2.05, 4.69) is 6.92 Å². The summed E-state index contributed by atoms with van der Waals surface area (Å²) in [6, 6.07) is 0. The molecule has 0 aromatic rings. The van der Waals surface area contributed by atoms with Crippen LogP contribution in [0.1, 0.15) is 53.4 Å². The van der Waals surface area contributed by atoms with E-state index in [1.807, 2.05) is 13.8 Å². The van der Waals surface area contributed by atoms with Gasteiger partial charge in [-0.3, -0.25) is 4.79 Å². The maximum atomic E-state index is 11.2. The van der Waals surface area contributed by atoms with Gasteiger partial charge in [0, 0.05) is 12.0 Å². The van der Waals surface area contributed by atoms with Gasteiger partial charge in [-0.05, 0) is 13.3 Å². The quantitative estimate of drug-likeness (QED) is 0.562. The minimum absolute atomic E-state index is 0.200. The van der Waals surface area contributed by atoms with E-state index in [1.165, 1.54) is 19.3 Å². The predicted molar refractivity (Wildman–Crippen MR) is 59.4 cm³/mol. The highest BCUT2D eigenvalue weighted by Crippen LogP contribution is 2.16. The molecular weight excluding hydrogens is 176 g/mol. The lowest BCUT2D eigenvalue weighted by Gasteiger charge is -2.20. The van der Waals surface area contributed by atoms with Gasteiger partial charge in [-0.25, -0.2) is 0 Å². The molecule has 0 heterocycles. The highest BCUT2D eigenvalue weighted by Gasteiger charge is 2.23. The summed E-state index contributed by atoms with van der Waals surface area (Å²) in [4.78, 5) is 11.2. The summed E-state index contributed by atoms with van der Waals surface area (Å²) in [6.45, 7) is 9.02. The van der Waals surface area contributed by atoms with E-state index in [4.69, 9.17) is 4.74 Å². The Morgan fingerprint density at radius 2 is 1.86 bits per heavy atom. The minimum atomic E-state index is -0.315. The second-order valence-electron chi connectivity index (χ2n) is 4.55. The third-order valence-electron chi connectivity index (χ3n) is 2.56. The summed E-state index contributed by atoms with van der Waals surface area (Å²) >= 11 is 0. The van der Waals surface area contributed by atoms with E-state index in [9.17, 15) is 4.79 Å². The molecule has 0 bridgehead atoms. The van der Waals surface area contributed by atoms with Crippen molar-refractivity contribution in [3.8, 4) is 0 Å². The van der Waals surface area contributed by atoms with Crippen LogP contribution in [0.2, 0.25) is 0 Å². The van der Waals surface area contributed by atoms with Crippen LogP contribution in [0.25, 0.3) is 0 Å². The van der Waals surface area contributed by atoms with Crippen LogP contribution in [0.4, 0.5) is 0 Å². The third kappa shape index (κ3) is 6.14. The molecule has 2 heteroatoms. The minimum Gasteiger partial charge on any atom is -0.380 e. The van der Waals surface area contributed by atoms with Crippen molar-refractivity contribution in [1.29, 1.82) is 0 Å². The SMILES string of the molecule is CCCCCCOCC(C)(C)C(C)=O. The van der Waals surface area contributed by atoms with E-state index in [0.717, 1.165) is 13.0 Å². The Morgan fingerprint density at radius 1 is 1.21 bits per heavy atom. The number of carbonyl (C=O) groups excluding carboxylic acids is 1. The third-order valence-corrected chi connectivity index (χ3v) is 2.56. The summed E-state index contributed by atoms with van der Waals surface area (Å²) in [5.74, 6) is 0.200. The Bertz CT molecular complexity index is 162. The van der Waals surface area contributed by atoms with Crippen molar-refractivity contribution in [3.63, 3.8) is 0 Å². The first-order valence-corrected chi connectivity index (χ1v) is 5.59. The van der Waals surface area contributed by atoms with Gasteiger partial charge in [0.1, 0.15) is 5.78 Å². The first-order valence-electron chi connectivity index (χ1n) is 5.59. The van der Waals surface area contributed by atoms with Crippen LogP contribution in [-0.2, 0) is 9.53 Å². The predicted octanol–water partition coefficient (Wildman–Crippen LogP) is 3.20. The molecule has 0 fully saturated rings. The number of carbonyl (C=O) groups is 1. The standard InChI is InChI=1S/C12H24O2/c1-5-6-7-8-9-14-10-12(3,4)11(2)13/h5-10H2,1-4H3. The summed E-state index contributed by atoms with van der Waals surface area (Å²) in [7, 11) is 0. The Kier molecular flexibility index (Phi) is 6.81. The average Bonchev–Trinajstić information content (AvgIpc) is 2.10. The van der Waals surface area contributed by atoms with Crippen LogP contribution < -0.4 is 0 Å². The Balaban J connectivity index is 3.40. The highest BCUT2D eigenvalue weighted by atomic mass is 16.5. The summed E-state index contributed by atoms with van der Waals surface area (Å²) in [5.41, 5.74) is -0.315. The molecule has 0 atom stereocenters. The molecule has 0 aromatic heterocycles. The van der Waals surface area contributed by atoms with Gasteiger partial charge in [0.05, 0.1) is 6.61 Å². The molecule has 0 radical (unpaired) electrons. The van der Waals surface area contributed by atoms with Crippen molar-refractivity contribution in [2.45, 2.75) is 53.4 Å². The number of hydrogen-bond donors (Lipinski definition) is 0. The molecule has 0 N–H and O–H groups in total.